The second-order valence-corrected chi connectivity index (χ2v) is 7.49. The number of piperidine rings is 1. The molecule has 0 amide bonds. The summed E-state index contributed by atoms with van der Waals surface area (Å²) in [5, 5.41) is 11.0. The molecular formula is C15H21N3O4S. The molecule has 1 N–H and O–H groups in total. The average molecular weight is 339 g/mol. The van der Waals surface area contributed by atoms with Gasteiger partial charge >= 0.3 is 0 Å². The van der Waals surface area contributed by atoms with Crippen molar-refractivity contribution in [2.45, 2.75) is 18.9 Å². The summed E-state index contributed by atoms with van der Waals surface area (Å²) >= 11 is 0. The Kier molecular flexibility index (Phi) is 5.86. The van der Waals surface area contributed by atoms with Crippen molar-refractivity contribution in [1.82, 2.24) is 9.62 Å². The molecule has 1 fully saturated rings. The first-order chi connectivity index (χ1) is 10.8. The third kappa shape index (κ3) is 5.74. The van der Waals surface area contributed by atoms with Crippen molar-refractivity contribution in [2.24, 2.45) is 0 Å². The fourth-order valence-corrected chi connectivity index (χ4v) is 3.54. The Bertz CT molecular complexity index is 688. The molecule has 1 aromatic rings. The predicted octanol–water partition coefficient (Wildman–Crippen LogP) is 1.62. The van der Waals surface area contributed by atoms with Gasteiger partial charge in [0.2, 0.25) is 10.0 Å². The number of nitro benzene ring substituents is 1. The predicted molar refractivity (Wildman–Crippen MR) is 89.6 cm³/mol. The van der Waals surface area contributed by atoms with Gasteiger partial charge < -0.3 is 0 Å². The minimum Gasteiger partial charge on any atom is -0.298 e. The summed E-state index contributed by atoms with van der Waals surface area (Å²) in [5.74, 6) is 0. The van der Waals surface area contributed by atoms with Crippen molar-refractivity contribution < 1.29 is 13.3 Å². The lowest BCUT2D eigenvalue weighted by atomic mass is 10.1. The van der Waals surface area contributed by atoms with Crippen molar-refractivity contribution in [3.05, 3.63) is 46.0 Å². The first kappa shape index (κ1) is 17.6. The molecular weight excluding hydrogens is 318 g/mol. The largest absolute Gasteiger partial charge is 0.298 e. The zero-order valence-electron chi connectivity index (χ0n) is 13.0. The third-order valence-corrected chi connectivity index (χ3v) is 4.44. The molecule has 1 heterocycles. The molecule has 0 aliphatic carbocycles. The van der Waals surface area contributed by atoms with Gasteiger partial charge in [-0.25, -0.2) is 13.1 Å². The van der Waals surface area contributed by atoms with Crippen LogP contribution in [0.15, 0.2) is 30.3 Å². The molecule has 1 aromatic carbocycles. The van der Waals surface area contributed by atoms with Crippen molar-refractivity contribution in [2.75, 3.05) is 25.9 Å². The number of para-hydroxylation sites is 1. The van der Waals surface area contributed by atoms with E-state index in [1.807, 2.05) is 6.08 Å². The Morgan fingerprint density at radius 3 is 2.87 bits per heavy atom. The van der Waals surface area contributed by atoms with Crippen molar-refractivity contribution >= 4 is 21.8 Å². The SMILES string of the molecule is CS(=O)(=O)NC1CCCN(C/C=C/c2ccccc2[N+](=O)[O-])C1. The highest BCUT2D eigenvalue weighted by atomic mass is 32.2. The van der Waals surface area contributed by atoms with Crippen LogP contribution < -0.4 is 4.72 Å². The van der Waals surface area contributed by atoms with Gasteiger partial charge in [0, 0.05) is 25.2 Å². The lowest BCUT2D eigenvalue weighted by molar-refractivity contribution is -0.385. The van der Waals surface area contributed by atoms with Crippen LogP contribution in [-0.4, -0.2) is 50.2 Å². The molecule has 1 unspecified atom stereocenters. The summed E-state index contributed by atoms with van der Waals surface area (Å²) in [5.41, 5.74) is 0.652. The summed E-state index contributed by atoms with van der Waals surface area (Å²) in [6.07, 6.45) is 6.54. The highest BCUT2D eigenvalue weighted by molar-refractivity contribution is 7.88. The van der Waals surface area contributed by atoms with Crippen LogP contribution in [0.3, 0.4) is 0 Å². The summed E-state index contributed by atoms with van der Waals surface area (Å²) in [7, 11) is -3.20. The summed E-state index contributed by atoms with van der Waals surface area (Å²) < 4.78 is 25.2. The molecule has 1 aliphatic rings. The molecule has 0 aromatic heterocycles. The Labute approximate surface area is 136 Å². The van der Waals surface area contributed by atoms with E-state index in [2.05, 4.69) is 9.62 Å². The lowest BCUT2D eigenvalue weighted by Gasteiger charge is -2.31. The number of hydrogen-bond acceptors (Lipinski definition) is 5. The maximum atomic E-state index is 11.3. The van der Waals surface area contributed by atoms with Gasteiger partial charge in [-0.3, -0.25) is 15.0 Å². The van der Waals surface area contributed by atoms with Gasteiger partial charge in [-0.15, -0.1) is 0 Å². The number of benzene rings is 1. The molecule has 0 bridgehead atoms. The van der Waals surface area contributed by atoms with Crippen LogP contribution >= 0.6 is 0 Å². The Morgan fingerprint density at radius 2 is 2.17 bits per heavy atom. The van der Waals surface area contributed by atoms with Crippen LogP contribution in [0.25, 0.3) is 6.08 Å². The molecule has 8 heteroatoms. The second-order valence-electron chi connectivity index (χ2n) is 5.71. The van der Waals surface area contributed by atoms with Gasteiger partial charge in [0.05, 0.1) is 16.7 Å². The van der Waals surface area contributed by atoms with E-state index in [1.165, 1.54) is 12.3 Å². The second kappa shape index (κ2) is 7.67. The minimum absolute atomic E-state index is 0.0711. The summed E-state index contributed by atoms with van der Waals surface area (Å²) in [6.45, 7) is 2.17. The normalized spacial score (nSPS) is 20.0. The highest BCUT2D eigenvalue weighted by Crippen LogP contribution is 2.19. The molecule has 2 rings (SSSR count). The lowest BCUT2D eigenvalue weighted by Crippen LogP contribution is -2.47. The van der Waals surface area contributed by atoms with Crippen molar-refractivity contribution in [3.63, 3.8) is 0 Å². The Morgan fingerprint density at radius 1 is 1.43 bits per heavy atom. The summed E-state index contributed by atoms with van der Waals surface area (Å²) in [6, 6.07) is 6.52. The molecule has 0 saturated carbocycles. The van der Waals surface area contributed by atoms with E-state index in [0.717, 1.165) is 19.4 Å². The molecule has 126 valence electrons. The Balaban J connectivity index is 1.94. The average Bonchev–Trinajstić information content (AvgIpc) is 2.46. The van der Waals surface area contributed by atoms with E-state index in [0.29, 0.717) is 18.7 Å². The van der Waals surface area contributed by atoms with Gasteiger partial charge in [0.25, 0.3) is 5.69 Å². The molecule has 1 atom stereocenters. The van der Waals surface area contributed by atoms with Crippen LogP contribution in [0.4, 0.5) is 5.69 Å². The maximum absolute atomic E-state index is 11.3. The highest BCUT2D eigenvalue weighted by Gasteiger charge is 2.21. The number of rotatable bonds is 6. The van der Waals surface area contributed by atoms with Crippen molar-refractivity contribution in [3.8, 4) is 0 Å². The van der Waals surface area contributed by atoms with Crippen LogP contribution in [-0.2, 0) is 10.0 Å². The van der Waals surface area contributed by atoms with E-state index in [1.54, 1.807) is 24.3 Å². The zero-order chi connectivity index (χ0) is 16.9. The monoisotopic (exact) mass is 339 g/mol. The van der Waals surface area contributed by atoms with E-state index in [4.69, 9.17) is 0 Å². The van der Waals surface area contributed by atoms with Gasteiger partial charge in [0.15, 0.2) is 0 Å². The quantitative estimate of drug-likeness (QED) is 0.628. The number of likely N-dealkylation sites (tertiary alicyclic amines) is 1. The third-order valence-electron chi connectivity index (χ3n) is 3.68. The summed E-state index contributed by atoms with van der Waals surface area (Å²) in [4.78, 5) is 12.7. The maximum Gasteiger partial charge on any atom is 0.276 e. The topological polar surface area (TPSA) is 92.6 Å². The molecule has 23 heavy (non-hydrogen) atoms. The molecule has 0 radical (unpaired) electrons. The van der Waals surface area contributed by atoms with Crippen LogP contribution in [0.1, 0.15) is 18.4 Å². The molecule has 1 aliphatic heterocycles. The minimum atomic E-state index is -3.20. The van der Waals surface area contributed by atoms with Crippen LogP contribution in [0, 0.1) is 10.1 Å². The number of nitrogens with one attached hydrogen (secondary N) is 1. The molecule has 7 nitrogen and oxygen atoms in total. The fraction of sp³-hybridized carbons (Fsp3) is 0.467. The van der Waals surface area contributed by atoms with Gasteiger partial charge in [-0.2, -0.15) is 0 Å². The Hall–Kier alpha value is -1.77. The van der Waals surface area contributed by atoms with Gasteiger partial charge in [-0.05, 0) is 25.5 Å². The zero-order valence-corrected chi connectivity index (χ0v) is 13.8. The van der Waals surface area contributed by atoms with E-state index >= 15 is 0 Å². The molecule has 0 spiro atoms. The number of nitrogens with zero attached hydrogens (tertiary/aromatic N) is 2. The smallest absolute Gasteiger partial charge is 0.276 e. The van der Waals surface area contributed by atoms with E-state index < -0.39 is 14.9 Å². The van der Waals surface area contributed by atoms with Gasteiger partial charge in [-0.1, -0.05) is 24.3 Å². The van der Waals surface area contributed by atoms with E-state index in [-0.39, 0.29) is 11.7 Å². The van der Waals surface area contributed by atoms with E-state index in [9.17, 15) is 18.5 Å². The first-order valence-electron chi connectivity index (χ1n) is 7.45. The van der Waals surface area contributed by atoms with Crippen LogP contribution in [0.5, 0.6) is 0 Å². The van der Waals surface area contributed by atoms with Crippen molar-refractivity contribution in [1.29, 1.82) is 0 Å². The number of hydrogen-bond donors (Lipinski definition) is 1. The first-order valence-corrected chi connectivity index (χ1v) is 9.34. The molecule has 1 saturated heterocycles. The standard InChI is InChI=1S/C15H21N3O4S/c1-23(21,22)16-14-8-5-11-17(12-14)10-4-7-13-6-2-3-9-15(13)18(19)20/h2-4,6-7,9,14,16H,5,8,10-12H2,1H3/b7-4+. The number of nitro groups is 1. The fourth-order valence-electron chi connectivity index (χ4n) is 2.74. The van der Waals surface area contributed by atoms with Gasteiger partial charge in [0.1, 0.15) is 0 Å². The number of sulfonamides is 1. The van der Waals surface area contributed by atoms with Crippen LogP contribution in [0.2, 0.25) is 0 Å².